The van der Waals surface area contributed by atoms with E-state index >= 15 is 0 Å². The van der Waals surface area contributed by atoms with Crippen LogP contribution in [-0.2, 0) is 4.74 Å². The largest absolute Gasteiger partial charge is 0.385 e. The number of ether oxygens (including phenoxy) is 1. The van der Waals surface area contributed by atoms with E-state index in [4.69, 9.17) is 27.9 Å². The number of hydrogen-bond donors (Lipinski definition) is 2. The smallest absolute Gasteiger partial charge is 0.274 e. The van der Waals surface area contributed by atoms with Crippen LogP contribution in [0.2, 0.25) is 10.0 Å². The summed E-state index contributed by atoms with van der Waals surface area (Å²) in [7, 11) is 1.67. The Morgan fingerprint density at radius 3 is 2.57 bits per heavy atom. The third kappa shape index (κ3) is 5.10. The third-order valence-electron chi connectivity index (χ3n) is 3.05. The van der Waals surface area contributed by atoms with Gasteiger partial charge in [-0.3, -0.25) is 4.79 Å². The van der Waals surface area contributed by atoms with Crippen molar-refractivity contribution in [1.82, 2.24) is 4.98 Å². The summed E-state index contributed by atoms with van der Waals surface area (Å²) in [5.74, 6) is -0.370. The van der Waals surface area contributed by atoms with Crippen molar-refractivity contribution in [1.29, 1.82) is 0 Å². The van der Waals surface area contributed by atoms with Crippen LogP contribution in [0.25, 0.3) is 0 Å². The van der Waals surface area contributed by atoms with Gasteiger partial charge in [0, 0.05) is 20.3 Å². The molecular formula is C16H17Cl2N3O2. The first kappa shape index (κ1) is 17.5. The molecule has 0 aliphatic rings. The molecule has 0 spiro atoms. The summed E-state index contributed by atoms with van der Waals surface area (Å²) in [6.07, 6.45) is 2.50. The number of methoxy groups -OCH3 is 1. The van der Waals surface area contributed by atoms with E-state index in [-0.39, 0.29) is 11.6 Å². The Labute approximate surface area is 145 Å². The van der Waals surface area contributed by atoms with Gasteiger partial charge in [0.15, 0.2) is 0 Å². The van der Waals surface area contributed by atoms with Gasteiger partial charge < -0.3 is 15.4 Å². The first-order valence-corrected chi connectivity index (χ1v) is 7.81. The predicted octanol–water partition coefficient (Wildman–Crippen LogP) is 4.09. The van der Waals surface area contributed by atoms with Crippen LogP contribution in [0, 0.1) is 0 Å². The van der Waals surface area contributed by atoms with Crippen molar-refractivity contribution in [3.8, 4) is 0 Å². The van der Waals surface area contributed by atoms with E-state index in [1.54, 1.807) is 43.6 Å². The summed E-state index contributed by atoms with van der Waals surface area (Å²) >= 11 is 12.1. The van der Waals surface area contributed by atoms with E-state index < -0.39 is 0 Å². The van der Waals surface area contributed by atoms with E-state index in [1.807, 2.05) is 0 Å². The van der Waals surface area contributed by atoms with Gasteiger partial charge in [-0.1, -0.05) is 29.3 Å². The first-order chi connectivity index (χ1) is 11.1. The number of pyridine rings is 1. The minimum atomic E-state index is -0.370. The van der Waals surface area contributed by atoms with Crippen LogP contribution < -0.4 is 10.6 Å². The van der Waals surface area contributed by atoms with E-state index in [9.17, 15) is 4.79 Å². The Morgan fingerprint density at radius 1 is 1.22 bits per heavy atom. The quantitative estimate of drug-likeness (QED) is 0.735. The van der Waals surface area contributed by atoms with Crippen LogP contribution in [0.1, 0.15) is 16.9 Å². The Balaban J connectivity index is 1.97. The molecule has 1 aromatic heterocycles. The average molecular weight is 354 g/mol. The fraction of sp³-hybridized carbons (Fsp3) is 0.250. The number of nitrogens with one attached hydrogen (secondary N) is 2. The first-order valence-electron chi connectivity index (χ1n) is 7.06. The van der Waals surface area contributed by atoms with Gasteiger partial charge in [-0.2, -0.15) is 0 Å². The van der Waals surface area contributed by atoms with Crippen LogP contribution in [0.3, 0.4) is 0 Å². The predicted molar refractivity (Wildman–Crippen MR) is 93.6 cm³/mol. The zero-order valence-corrected chi connectivity index (χ0v) is 14.1. The van der Waals surface area contributed by atoms with Crippen LogP contribution in [-0.4, -0.2) is 31.2 Å². The minimum absolute atomic E-state index is 0.281. The number of amides is 1. The number of halogens is 2. The second-order valence-corrected chi connectivity index (χ2v) is 5.57. The highest BCUT2D eigenvalue weighted by Gasteiger charge is 2.12. The van der Waals surface area contributed by atoms with Gasteiger partial charge in [0.2, 0.25) is 0 Å². The van der Waals surface area contributed by atoms with Crippen molar-refractivity contribution < 1.29 is 9.53 Å². The average Bonchev–Trinajstić information content (AvgIpc) is 2.55. The molecule has 1 heterocycles. The molecule has 2 rings (SSSR count). The maximum absolute atomic E-state index is 12.2. The van der Waals surface area contributed by atoms with Gasteiger partial charge in [-0.05, 0) is 30.7 Å². The van der Waals surface area contributed by atoms with Crippen LogP contribution in [0.5, 0.6) is 0 Å². The molecule has 0 saturated carbocycles. The number of carbonyl (C=O) groups is 1. The molecule has 2 aromatic rings. The summed E-state index contributed by atoms with van der Waals surface area (Å²) in [6.45, 7) is 1.47. The maximum Gasteiger partial charge on any atom is 0.274 e. The normalized spacial score (nSPS) is 10.4. The third-order valence-corrected chi connectivity index (χ3v) is 3.68. The molecule has 1 aromatic carbocycles. The number of hydrogen-bond acceptors (Lipinski definition) is 4. The number of rotatable bonds is 7. The van der Waals surface area contributed by atoms with Gasteiger partial charge in [-0.15, -0.1) is 0 Å². The number of nitrogens with zero attached hydrogens (tertiary/aromatic N) is 1. The summed E-state index contributed by atoms with van der Waals surface area (Å²) < 4.78 is 4.98. The summed E-state index contributed by atoms with van der Waals surface area (Å²) in [5.41, 5.74) is 1.50. The van der Waals surface area contributed by atoms with E-state index in [2.05, 4.69) is 15.6 Å². The number of carbonyl (C=O) groups excluding carboxylic acids is 1. The van der Waals surface area contributed by atoms with Crippen molar-refractivity contribution in [2.75, 3.05) is 30.9 Å². The molecule has 1 amide bonds. The number of aromatic nitrogens is 1. The highest BCUT2D eigenvalue weighted by atomic mass is 35.5. The Morgan fingerprint density at radius 2 is 1.96 bits per heavy atom. The molecule has 122 valence electrons. The second kappa shape index (κ2) is 8.72. The van der Waals surface area contributed by atoms with Gasteiger partial charge >= 0.3 is 0 Å². The highest BCUT2D eigenvalue weighted by molar-refractivity contribution is 6.39. The molecule has 0 aliphatic heterocycles. The number of para-hydroxylation sites is 1. The van der Waals surface area contributed by atoms with Gasteiger partial charge in [0.05, 0.1) is 27.6 Å². The lowest BCUT2D eigenvalue weighted by Gasteiger charge is -2.09. The van der Waals surface area contributed by atoms with Crippen molar-refractivity contribution in [2.24, 2.45) is 0 Å². The lowest BCUT2D eigenvalue weighted by Crippen LogP contribution is -2.14. The topological polar surface area (TPSA) is 63.2 Å². The van der Waals surface area contributed by atoms with Crippen LogP contribution in [0.15, 0.2) is 36.5 Å². The molecular weight excluding hydrogens is 337 g/mol. The van der Waals surface area contributed by atoms with Gasteiger partial charge in [0.1, 0.15) is 5.69 Å². The van der Waals surface area contributed by atoms with Crippen molar-refractivity contribution in [3.05, 3.63) is 52.3 Å². The van der Waals surface area contributed by atoms with E-state index in [0.717, 1.165) is 18.7 Å². The minimum Gasteiger partial charge on any atom is -0.385 e. The number of benzene rings is 1. The zero-order chi connectivity index (χ0) is 16.7. The Kier molecular flexibility index (Phi) is 6.65. The van der Waals surface area contributed by atoms with Crippen molar-refractivity contribution >= 4 is 40.5 Å². The van der Waals surface area contributed by atoms with Gasteiger partial charge in [-0.25, -0.2) is 4.98 Å². The van der Waals surface area contributed by atoms with Crippen LogP contribution >= 0.6 is 23.2 Å². The van der Waals surface area contributed by atoms with Crippen LogP contribution in [0.4, 0.5) is 11.4 Å². The van der Waals surface area contributed by atoms with Crippen molar-refractivity contribution in [3.63, 3.8) is 0 Å². The standard InChI is InChI=1S/C16H17Cl2N3O2/c1-23-9-3-8-19-11-6-7-14(20-10-11)16(22)21-15-12(17)4-2-5-13(15)18/h2,4-7,10,19H,3,8-9H2,1H3,(H,21,22). The maximum atomic E-state index is 12.2. The molecule has 0 unspecified atom stereocenters. The van der Waals surface area contributed by atoms with E-state index in [0.29, 0.717) is 22.3 Å². The SMILES string of the molecule is COCCCNc1ccc(C(=O)Nc2c(Cl)cccc2Cl)nc1. The Bertz CT molecular complexity index is 643. The summed E-state index contributed by atoms with van der Waals surface area (Å²) in [6, 6.07) is 8.46. The second-order valence-electron chi connectivity index (χ2n) is 4.76. The molecule has 7 heteroatoms. The fourth-order valence-electron chi connectivity index (χ4n) is 1.88. The van der Waals surface area contributed by atoms with Gasteiger partial charge in [0.25, 0.3) is 5.91 Å². The Hall–Kier alpha value is -1.82. The lowest BCUT2D eigenvalue weighted by molar-refractivity contribution is 0.102. The fourth-order valence-corrected chi connectivity index (χ4v) is 2.37. The zero-order valence-electron chi connectivity index (χ0n) is 12.6. The molecule has 5 nitrogen and oxygen atoms in total. The molecule has 0 radical (unpaired) electrons. The monoisotopic (exact) mass is 353 g/mol. The highest BCUT2D eigenvalue weighted by Crippen LogP contribution is 2.30. The molecule has 23 heavy (non-hydrogen) atoms. The van der Waals surface area contributed by atoms with Crippen molar-refractivity contribution in [2.45, 2.75) is 6.42 Å². The lowest BCUT2D eigenvalue weighted by atomic mass is 10.2. The van der Waals surface area contributed by atoms with E-state index in [1.165, 1.54) is 0 Å². The summed E-state index contributed by atoms with van der Waals surface area (Å²) in [4.78, 5) is 16.3. The molecule has 0 saturated heterocycles. The molecule has 2 N–H and O–H groups in total. The number of anilines is 2. The molecule has 0 aliphatic carbocycles. The molecule has 0 atom stereocenters. The molecule has 0 bridgehead atoms. The molecule has 0 fully saturated rings. The summed E-state index contributed by atoms with van der Waals surface area (Å²) in [5, 5.41) is 6.62.